The van der Waals surface area contributed by atoms with E-state index in [1.165, 1.54) is 12.8 Å². The molecule has 0 bridgehead atoms. The first kappa shape index (κ1) is 13.2. The van der Waals surface area contributed by atoms with Gasteiger partial charge < -0.3 is 10.6 Å². The second-order valence-corrected chi connectivity index (χ2v) is 5.10. The summed E-state index contributed by atoms with van der Waals surface area (Å²) in [6.07, 6.45) is 2.42. The van der Waals surface area contributed by atoms with E-state index in [0.29, 0.717) is 0 Å². The minimum absolute atomic E-state index is 0.736. The number of anilines is 2. The van der Waals surface area contributed by atoms with Crippen LogP contribution in [-0.2, 0) is 0 Å². The van der Waals surface area contributed by atoms with Crippen LogP contribution in [0, 0.1) is 5.92 Å². The summed E-state index contributed by atoms with van der Waals surface area (Å²) in [5.74, 6) is 0.755. The van der Waals surface area contributed by atoms with Crippen molar-refractivity contribution in [3.05, 3.63) is 23.2 Å². The fourth-order valence-electron chi connectivity index (χ4n) is 1.70. The molecule has 0 unspecified atom stereocenters. The van der Waals surface area contributed by atoms with Crippen LogP contribution in [0.5, 0.6) is 0 Å². The summed E-state index contributed by atoms with van der Waals surface area (Å²) in [5.41, 5.74) is 7.73. The molecular weight excluding hydrogens is 220 g/mol. The number of nitrogens with zero attached hydrogens (tertiary/aromatic N) is 1. The monoisotopic (exact) mass is 240 g/mol. The second kappa shape index (κ2) is 6.00. The molecular formula is C13H21ClN2. The molecule has 0 amide bonds. The van der Waals surface area contributed by atoms with E-state index in [9.17, 15) is 0 Å². The van der Waals surface area contributed by atoms with E-state index in [2.05, 4.69) is 25.8 Å². The molecule has 2 N–H and O–H groups in total. The number of nitrogens with two attached hydrogens (primary N) is 1. The Kier molecular flexibility index (Phi) is 4.94. The van der Waals surface area contributed by atoms with Crippen LogP contribution in [0.3, 0.4) is 0 Å². The molecule has 1 aromatic carbocycles. The van der Waals surface area contributed by atoms with Crippen molar-refractivity contribution < 1.29 is 0 Å². The zero-order valence-corrected chi connectivity index (χ0v) is 11.1. The summed E-state index contributed by atoms with van der Waals surface area (Å²) in [4.78, 5) is 2.17. The van der Waals surface area contributed by atoms with Crippen LogP contribution in [0.1, 0.15) is 26.7 Å². The van der Waals surface area contributed by atoms with Crippen molar-refractivity contribution >= 4 is 23.0 Å². The lowest BCUT2D eigenvalue weighted by Crippen LogP contribution is -2.20. The highest BCUT2D eigenvalue weighted by Gasteiger charge is 2.06. The van der Waals surface area contributed by atoms with Gasteiger partial charge in [-0.3, -0.25) is 0 Å². The molecule has 0 aliphatic carbocycles. The summed E-state index contributed by atoms with van der Waals surface area (Å²) in [7, 11) is 2.06. The number of benzene rings is 1. The highest BCUT2D eigenvalue weighted by Crippen LogP contribution is 2.26. The third kappa shape index (κ3) is 3.93. The Morgan fingerprint density at radius 2 is 2.06 bits per heavy atom. The van der Waals surface area contributed by atoms with Gasteiger partial charge in [0.1, 0.15) is 0 Å². The Labute approximate surface area is 103 Å². The van der Waals surface area contributed by atoms with Crippen LogP contribution >= 0.6 is 11.6 Å². The van der Waals surface area contributed by atoms with Gasteiger partial charge >= 0.3 is 0 Å². The molecule has 16 heavy (non-hydrogen) atoms. The number of hydrogen-bond donors (Lipinski definition) is 1. The van der Waals surface area contributed by atoms with Gasteiger partial charge in [-0.2, -0.15) is 0 Å². The summed E-state index contributed by atoms with van der Waals surface area (Å²) >= 11 is 5.96. The van der Waals surface area contributed by atoms with Crippen LogP contribution < -0.4 is 10.6 Å². The molecule has 3 heteroatoms. The number of hydrogen-bond acceptors (Lipinski definition) is 2. The maximum Gasteiger partial charge on any atom is 0.0612 e. The van der Waals surface area contributed by atoms with Crippen LogP contribution in [0.25, 0.3) is 0 Å². The SMILES string of the molecule is CC(C)CCCN(C)c1cc(Cl)ccc1N. The summed E-state index contributed by atoms with van der Waals surface area (Å²) < 4.78 is 0. The van der Waals surface area contributed by atoms with Crippen LogP contribution in [0.2, 0.25) is 5.02 Å². The molecule has 2 nitrogen and oxygen atoms in total. The molecule has 0 saturated carbocycles. The van der Waals surface area contributed by atoms with Crippen molar-refractivity contribution in [2.45, 2.75) is 26.7 Å². The topological polar surface area (TPSA) is 29.3 Å². The van der Waals surface area contributed by atoms with E-state index in [0.717, 1.165) is 28.9 Å². The Morgan fingerprint density at radius 3 is 2.69 bits per heavy atom. The number of halogens is 1. The molecule has 1 aromatic rings. The highest BCUT2D eigenvalue weighted by atomic mass is 35.5. The molecule has 0 heterocycles. The van der Waals surface area contributed by atoms with E-state index in [4.69, 9.17) is 17.3 Å². The van der Waals surface area contributed by atoms with E-state index < -0.39 is 0 Å². The summed E-state index contributed by atoms with van der Waals surface area (Å²) in [6.45, 7) is 5.50. The molecule has 90 valence electrons. The highest BCUT2D eigenvalue weighted by molar-refractivity contribution is 6.31. The molecule has 0 saturated heterocycles. The van der Waals surface area contributed by atoms with Crippen molar-refractivity contribution in [2.24, 2.45) is 5.92 Å². The third-order valence-corrected chi connectivity index (χ3v) is 2.91. The predicted molar refractivity (Wildman–Crippen MR) is 73.2 cm³/mol. The minimum atomic E-state index is 0.736. The zero-order chi connectivity index (χ0) is 12.1. The second-order valence-electron chi connectivity index (χ2n) is 4.66. The quantitative estimate of drug-likeness (QED) is 0.794. The standard InChI is InChI=1S/C13H21ClN2/c1-10(2)5-4-8-16(3)13-9-11(14)6-7-12(13)15/h6-7,9-10H,4-5,8,15H2,1-3H3. The molecule has 0 aliphatic rings. The fraction of sp³-hybridized carbons (Fsp3) is 0.538. The van der Waals surface area contributed by atoms with Crippen LogP contribution in [0.15, 0.2) is 18.2 Å². The maximum atomic E-state index is 5.96. The average Bonchev–Trinajstić information content (AvgIpc) is 2.21. The van der Waals surface area contributed by atoms with Crippen molar-refractivity contribution in [1.82, 2.24) is 0 Å². The summed E-state index contributed by atoms with van der Waals surface area (Å²) in [6, 6.07) is 5.60. The van der Waals surface area contributed by atoms with Crippen molar-refractivity contribution in [3.63, 3.8) is 0 Å². The number of nitrogen functional groups attached to an aromatic ring is 1. The van der Waals surface area contributed by atoms with Gasteiger partial charge in [0.25, 0.3) is 0 Å². The Hall–Kier alpha value is -0.890. The first-order chi connectivity index (χ1) is 7.50. The van der Waals surface area contributed by atoms with E-state index >= 15 is 0 Å². The van der Waals surface area contributed by atoms with Gasteiger partial charge in [0.05, 0.1) is 11.4 Å². The van der Waals surface area contributed by atoms with Gasteiger partial charge in [-0.25, -0.2) is 0 Å². The van der Waals surface area contributed by atoms with Gasteiger partial charge in [0.2, 0.25) is 0 Å². The molecule has 0 aliphatic heterocycles. The molecule has 0 fully saturated rings. The molecule has 1 rings (SSSR count). The van der Waals surface area contributed by atoms with E-state index in [1.54, 1.807) is 0 Å². The third-order valence-electron chi connectivity index (χ3n) is 2.68. The Morgan fingerprint density at radius 1 is 1.38 bits per heavy atom. The normalized spacial score (nSPS) is 10.8. The van der Waals surface area contributed by atoms with Crippen molar-refractivity contribution in [2.75, 3.05) is 24.2 Å². The number of rotatable bonds is 5. The lowest BCUT2D eigenvalue weighted by Gasteiger charge is -2.21. The summed E-state index contributed by atoms with van der Waals surface area (Å²) in [5, 5.41) is 0.736. The van der Waals surface area contributed by atoms with Gasteiger partial charge in [-0.05, 0) is 37.0 Å². The van der Waals surface area contributed by atoms with Crippen molar-refractivity contribution in [3.8, 4) is 0 Å². The van der Waals surface area contributed by atoms with Crippen molar-refractivity contribution in [1.29, 1.82) is 0 Å². The van der Waals surface area contributed by atoms with Gasteiger partial charge in [0, 0.05) is 18.6 Å². The average molecular weight is 241 g/mol. The fourth-order valence-corrected chi connectivity index (χ4v) is 1.87. The molecule has 0 aromatic heterocycles. The largest absolute Gasteiger partial charge is 0.397 e. The van der Waals surface area contributed by atoms with E-state index in [1.807, 2.05) is 18.2 Å². The van der Waals surface area contributed by atoms with Gasteiger partial charge in [-0.1, -0.05) is 25.4 Å². The lowest BCUT2D eigenvalue weighted by atomic mass is 10.1. The first-order valence-electron chi connectivity index (χ1n) is 5.77. The zero-order valence-electron chi connectivity index (χ0n) is 10.3. The Balaban J connectivity index is 2.58. The van der Waals surface area contributed by atoms with E-state index in [-0.39, 0.29) is 0 Å². The molecule has 0 radical (unpaired) electrons. The molecule has 0 atom stereocenters. The molecule has 0 spiro atoms. The first-order valence-corrected chi connectivity index (χ1v) is 6.14. The Bertz CT molecular complexity index is 337. The van der Waals surface area contributed by atoms with Crippen LogP contribution in [-0.4, -0.2) is 13.6 Å². The lowest BCUT2D eigenvalue weighted by molar-refractivity contribution is 0.556. The minimum Gasteiger partial charge on any atom is -0.397 e. The van der Waals surface area contributed by atoms with Gasteiger partial charge in [-0.15, -0.1) is 0 Å². The smallest absolute Gasteiger partial charge is 0.0612 e. The van der Waals surface area contributed by atoms with Gasteiger partial charge in [0.15, 0.2) is 0 Å². The maximum absolute atomic E-state index is 5.96. The van der Waals surface area contributed by atoms with Crippen LogP contribution in [0.4, 0.5) is 11.4 Å². The predicted octanol–water partition coefficient (Wildman–Crippen LogP) is 3.79.